The van der Waals surface area contributed by atoms with Gasteiger partial charge in [0.05, 0.1) is 0 Å². The molecule has 0 aromatic rings. The van der Waals surface area contributed by atoms with E-state index in [1.165, 1.54) is 64.2 Å². The summed E-state index contributed by atoms with van der Waals surface area (Å²) in [6.07, 6.45) is 13.0. The first-order valence-electron chi connectivity index (χ1n) is 8.35. The largest absolute Gasteiger partial charge is 0.338 e. The van der Waals surface area contributed by atoms with Crippen LogP contribution in [-0.2, 0) is 0 Å². The fraction of sp³-hybridized carbons (Fsp3) is 0.938. The lowest BCUT2D eigenvalue weighted by molar-refractivity contribution is 0.159. The molecule has 0 radical (unpaired) electrons. The lowest BCUT2D eigenvalue weighted by Gasteiger charge is -2.33. The highest BCUT2D eigenvalue weighted by Crippen LogP contribution is 2.27. The van der Waals surface area contributed by atoms with E-state index in [0.717, 1.165) is 19.0 Å². The monoisotopic (exact) mass is 266 g/mol. The van der Waals surface area contributed by atoms with Gasteiger partial charge in [-0.25, -0.2) is 4.79 Å². The maximum Gasteiger partial charge on any atom is 0.317 e. The number of hydrogen-bond acceptors (Lipinski definition) is 1. The molecule has 0 aromatic heterocycles. The molecule has 2 aliphatic carbocycles. The Labute approximate surface area is 118 Å². The van der Waals surface area contributed by atoms with Gasteiger partial charge in [0, 0.05) is 19.1 Å². The Morgan fingerprint density at radius 3 is 2.32 bits per heavy atom. The third-order valence-electron chi connectivity index (χ3n) is 4.92. The molecule has 0 spiro atoms. The van der Waals surface area contributed by atoms with Gasteiger partial charge in [-0.15, -0.1) is 0 Å². The number of nitrogens with one attached hydrogen (secondary N) is 1. The molecular weight excluding hydrogens is 236 g/mol. The van der Waals surface area contributed by atoms with Crippen molar-refractivity contribution in [2.24, 2.45) is 5.92 Å². The second kappa shape index (κ2) is 7.76. The van der Waals surface area contributed by atoms with Crippen LogP contribution in [0.1, 0.15) is 71.1 Å². The van der Waals surface area contributed by atoms with Gasteiger partial charge in [0.2, 0.25) is 0 Å². The van der Waals surface area contributed by atoms with Crippen molar-refractivity contribution in [1.82, 2.24) is 10.2 Å². The van der Waals surface area contributed by atoms with E-state index < -0.39 is 0 Å². The normalized spacial score (nSPS) is 21.5. The van der Waals surface area contributed by atoms with E-state index in [1.807, 2.05) is 0 Å². The quantitative estimate of drug-likeness (QED) is 0.803. The fourth-order valence-electron chi connectivity index (χ4n) is 3.74. The molecule has 19 heavy (non-hydrogen) atoms. The highest BCUT2D eigenvalue weighted by atomic mass is 16.2. The topological polar surface area (TPSA) is 32.3 Å². The molecule has 2 saturated carbocycles. The maximum absolute atomic E-state index is 12.3. The van der Waals surface area contributed by atoms with Crippen molar-refractivity contribution in [2.75, 3.05) is 13.1 Å². The summed E-state index contributed by atoms with van der Waals surface area (Å²) in [6, 6.07) is 0.664. The van der Waals surface area contributed by atoms with Crippen LogP contribution in [0, 0.1) is 5.92 Å². The van der Waals surface area contributed by atoms with E-state index in [1.54, 1.807) is 0 Å². The Kier molecular flexibility index (Phi) is 5.99. The van der Waals surface area contributed by atoms with Crippen molar-refractivity contribution < 1.29 is 4.79 Å². The number of hydrogen-bond donors (Lipinski definition) is 1. The number of amides is 2. The third kappa shape index (κ3) is 4.39. The SMILES string of the molecule is CCN(C(=O)NCCC1CCCC1)C1CCCCC1. The summed E-state index contributed by atoms with van der Waals surface area (Å²) >= 11 is 0. The summed E-state index contributed by atoms with van der Waals surface area (Å²) in [6.45, 7) is 3.82. The summed E-state index contributed by atoms with van der Waals surface area (Å²) in [5.74, 6) is 0.866. The summed E-state index contributed by atoms with van der Waals surface area (Å²) in [5, 5.41) is 3.14. The van der Waals surface area contributed by atoms with Crippen molar-refractivity contribution in [2.45, 2.75) is 77.2 Å². The predicted octanol–water partition coefficient (Wildman–Crippen LogP) is 3.93. The molecule has 0 unspecified atom stereocenters. The molecule has 0 aromatic carbocycles. The van der Waals surface area contributed by atoms with Crippen molar-refractivity contribution >= 4 is 6.03 Å². The Balaban J connectivity index is 1.69. The minimum absolute atomic E-state index is 0.174. The second-order valence-electron chi connectivity index (χ2n) is 6.25. The second-order valence-corrected chi connectivity index (χ2v) is 6.25. The summed E-state index contributed by atoms with van der Waals surface area (Å²) in [5.41, 5.74) is 0. The number of carbonyl (C=O) groups excluding carboxylic acids is 1. The van der Waals surface area contributed by atoms with Crippen LogP contribution in [0.15, 0.2) is 0 Å². The molecule has 3 heteroatoms. The number of nitrogens with zero attached hydrogens (tertiary/aromatic N) is 1. The van der Waals surface area contributed by atoms with Crippen LogP contribution in [0.25, 0.3) is 0 Å². The standard InChI is InChI=1S/C16H30N2O/c1-2-18(15-10-4-3-5-11-15)16(19)17-13-12-14-8-6-7-9-14/h14-15H,2-13H2,1H3,(H,17,19). The average molecular weight is 266 g/mol. The molecular formula is C16H30N2O. The fourth-order valence-corrected chi connectivity index (χ4v) is 3.74. The average Bonchev–Trinajstić information content (AvgIpc) is 2.94. The Bertz CT molecular complexity index is 268. The van der Waals surface area contributed by atoms with Gasteiger partial charge < -0.3 is 10.2 Å². The van der Waals surface area contributed by atoms with Gasteiger partial charge >= 0.3 is 6.03 Å². The van der Waals surface area contributed by atoms with Gasteiger partial charge in [-0.2, -0.15) is 0 Å². The Hall–Kier alpha value is -0.730. The van der Waals surface area contributed by atoms with Gasteiger partial charge in [-0.3, -0.25) is 0 Å². The molecule has 3 nitrogen and oxygen atoms in total. The molecule has 2 rings (SSSR count). The number of carbonyl (C=O) groups is 1. The highest BCUT2D eigenvalue weighted by Gasteiger charge is 2.24. The highest BCUT2D eigenvalue weighted by molar-refractivity contribution is 5.74. The molecule has 0 saturated heterocycles. The van der Waals surface area contributed by atoms with E-state index in [0.29, 0.717) is 6.04 Å². The molecule has 0 atom stereocenters. The first-order valence-corrected chi connectivity index (χ1v) is 8.35. The molecule has 2 aliphatic rings. The first kappa shape index (κ1) is 14.7. The summed E-state index contributed by atoms with van der Waals surface area (Å²) in [4.78, 5) is 14.3. The van der Waals surface area contributed by atoms with Gasteiger partial charge in [0.25, 0.3) is 0 Å². The Morgan fingerprint density at radius 1 is 1.05 bits per heavy atom. The van der Waals surface area contributed by atoms with Crippen LogP contribution in [0.4, 0.5) is 4.79 Å². The predicted molar refractivity (Wildman–Crippen MR) is 79.2 cm³/mol. The lowest BCUT2D eigenvalue weighted by atomic mass is 9.94. The van der Waals surface area contributed by atoms with Crippen LogP contribution >= 0.6 is 0 Å². The van der Waals surface area contributed by atoms with Crippen LogP contribution in [0.3, 0.4) is 0 Å². The van der Waals surface area contributed by atoms with Crippen LogP contribution in [0.2, 0.25) is 0 Å². The van der Waals surface area contributed by atoms with E-state index in [2.05, 4.69) is 17.1 Å². The van der Waals surface area contributed by atoms with Crippen molar-refractivity contribution in [3.05, 3.63) is 0 Å². The van der Waals surface area contributed by atoms with E-state index in [-0.39, 0.29) is 6.03 Å². The molecule has 0 aliphatic heterocycles. The minimum Gasteiger partial charge on any atom is -0.338 e. The maximum atomic E-state index is 12.3. The van der Waals surface area contributed by atoms with Crippen LogP contribution in [0.5, 0.6) is 0 Å². The Morgan fingerprint density at radius 2 is 1.68 bits per heavy atom. The zero-order valence-corrected chi connectivity index (χ0v) is 12.5. The van der Waals surface area contributed by atoms with Gasteiger partial charge in [0.15, 0.2) is 0 Å². The van der Waals surface area contributed by atoms with Crippen molar-refractivity contribution in [3.63, 3.8) is 0 Å². The van der Waals surface area contributed by atoms with Gasteiger partial charge in [-0.05, 0) is 32.1 Å². The van der Waals surface area contributed by atoms with Crippen LogP contribution in [-0.4, -0.2) is 30.1 Å². The summed E-state index contributed by atoms with van der Waals surface area (Å²) < 4.78 is 0. The van der Waals surface area contributed by atoms with Gasteiger partial charge in [0.1, 0.15) is 0 Å². The molecule has 0 bridgehead atoms. The van der Waals surface area contributed by atoms with E-state index in [9.17, 15) is 4.79 Å². The van der Waals surface area contributed by atoms with Gasteiger partial charge in [-0.1, -0.05) is 44.9 Å². The number of rotatable bonds is 5. The minimum atomic E-state index is 0.174. The molecule has 110 valence electrons. The van der Waals surface area contributed by atoms with E-state index in [4.69, 9.17) is 0 Å². The van der Waals surface area contributed by atoms with E-state index >= 15 is 0 Å². The molecule has 2 amide bonds. The van der Waals surface area contributed by atoms with Crippen molar-refractivity contribution in [1.29, 1.82) is 0 Å². The van der Waals surface area contributed by atoms with Crippen molar-refractivity contribution in [3.8, 4) is 0 Å². The third-order valence-corrected chi connectivity index (χ3v) is 4.92. The lowest BCUT2D eigenvalue weighted by Crippen LogP contribution is -2.47. The zero-order valence-electron chi connectivity index (χ0n) is 12.5. The first-order chi connectivity index (χ1) is 9.31. The molecule has 2 fully saturated rings. The zero-order chi connectivity index (χ0) is 13.5. The summed E-state index contributed by atoms with van der Waals surface area (Å²) in [7, 11) is 0. The number of urea groups is 1. The molecule has 1 N–H and O–H groups in total. The molecule has 0 heterocycles. The van der Waals surface area contributed by atoms with Crippen LogP contribution < -0.4 is 5.32 Å². The smallest absolute Gasteiger partial charge is 0.317 e.